The molecule has 3 heteroatoms. The summed E-state index contributed by atoms with van der Waals surface area (Å²) >= 11 is 0. The van der Waals surface area contributed by atoms with E-state index >= 15 is 0 Å². The Morgan fingerprint density at radius 1 is 1.19 bits per heavy atom. The van der Waals surface area contributed by atoms with Crippen LogP contribution >= 0.6 is 0 Å². The van der Waals surface area contributed by atoms with E-state index in [4.69, 9.17) is 5.73 Å². The largest absolute Gasteiger partial charge is 0.392 e. The standard InChI is InChI=1S/C13H30N2O/c1-10(2)11(7-14)8-15-9-12(16)6-13(3,4)5/h10-12,15-16H,6-9,14H2,1-5H3. The zero-order valence-electron chi connectivity index (χ0n) is 11.6. The summed E-state index contributed by atoms with van der Waals surface area (Å²) in [6.07, 6.45) is 0.570. The van der Waals surface area contributed by atoms with Crippen LogP contribution < -0.4 is 11.1 Å². The van der Waals surface area contributed by atoms with Crippen LogP contribution in [0.4, 0.5) is 0 Å². The average molecular weight is 230 g/mol. The maximum atomic E-state index is 9.82. The lowest BCUT2D eigenvalue weighted by Crippen LogP contribution is -2.36. The van der Waals surface area contributed by atoms with Crippen molar-refractivity contribution in [1.82, 2.24) is 5.32 Å². The molecule has 0 saturated heterocycles. The molecule has 0 rings (SSSR count). The van der Waals surface area contributed by atoms with Crippen molar-refractivity contribution in [2.45, 2.75) is 47.1 Å². The summed E-state index contributed by atoms with van der Waals surface area (Å²) in [5.41, 5.74) is 5.88. The molecular formula is C13H30N2O. The monoisotopic (exact) mass is 230 g/mol. The molecule has 2 unspecified atom stereocenters. The zero-order chi connectivity index (χ0) is 12.8. The van der Waals surface area contributed by atoms with E-state index in [1.54, 1.807) is 0 Å². The molecular weight excluding hydrogens is 200 g/mol. The lowest BCUT2D eigenvalue weighted by Gasteiger charge is -2.24. The number of nitrogens with two attached hydrogens (primary N) is 1. The fourth-order valence-corrected chi connectivity index (χ4v) is 1.81. The van der Waals surface area contributed by atoms with Gasteiger partial charge in [-0.15, -0.1) is 0 Å². The summed E-state index contributed by atoms with van der Waals surface area (Å²) in [6.45, 7) is 13.1. The molecule has 0 saturated carbocycles. The smallest absolute Gasteiger partial charge is 0.0669 e. The van der Waals surface area contributed by atoms with Gasteiger partial charge in [0.25, 0.3) is 0 Å². The Morgan fingerprint density at radius 3 is 2.12 bits per heavy atom. The van der Waals surface area contributed by atoms with Crippen molar-refractivity contribution < 1.29 is 5.11 Å². The second kappa shape index (κ2) is 7.25. The predicted molar refractivity (Wildman–Crippen MR) is 70.3 cm³/mol. The molecule has 0 aromatic heterocycles. The summed E-state index contributed by atoms with van der Waals surface area (Å²) in [7, 11) is 0. The molecule has 0 heterocycles. The van der Waals surface area contributed by atoms with Crippen LogP contribution in [-0.2, 0) is 0 Å². The van der Waals surface area contributed by atoms with E-state index in [2.05, 4.69) is 39.9 Å². The van der Waals surface area contributed by atoms with Crippen LogP contribution in [0, 0.1) is 17.3 Å². The van der Waals surface area contributed by atoms with Gasteiger partial charge in [0.1, 0.15) is 0 Å². The first kappa shape index (κ1) is 15.9. The quantitative estimate of drug-likeness (QED) is 0.623. The molecule has 3 nitrogen and oxygen atoms in total. The van der Waals surface area contributed by atoms with Gasteiger partial charge in [-0.3, -0.25) is 0 Å². The minimum atomic E-state index is -0.259. The van der Waals surface area contributed by atoms with Crippen molar-refractivity contribution in [1.29, 1.82) is 0 Å². The van der Waals surface area contributed by atoms with Gasteiger partial charge in [-0.2, -0.15) is 0 Å². The van der Waals surface area contributed by atoms with Crippen molar-refractivity contribution in [3.8, 4) is 0 Å². The predicted octanol–water partition coefficient (Wildman–Crippen LogP) is 1.60. The van der Waals surface area contributed by atoms with Gasteiger partial charge in [-0.25, -0.2) is 0 Å². The molecule has 2 atom stereocenters. The lowest BCUT2D eigenvalue weighted by atomic mass is 9.89. The summed E-state index contributed by atoms with van der Waals surface area (Å²) in [5, 5.41) is 13.1. The molecule has 0 aliphatic rings. The fourth-order valence-electron chi connectivity index (χ4n) is 1.81. The van der Waals surface area contributed by atoms with Crippen LogP contribution in [0.5, 0.6) is 0 Å². The van der Waals surface area contributed by atoms with Crippen LogP contribution in [-0.4, -0.2) is 30.8 Å². The molecule has 4 N–H and O–H groups in total. The summed E-state index contributed by atoms with van der Waals surface area (Å²) in [4.78, 5) is 0. The van der Waals surface area contributed by atoms with Crippen molar-refractivity contribution >= 4 is 0 Å². The molecule has 0 aliphatic carbocycles. The first-order valence-corrected chi connectivity index (χ1v) is 6.35. The second-order valence-corrected chi connectivity index (χ2v) is 6.32. The van der Waals surface area contributed by atoms with E-state index in [0.717, 1.165) is 13.0 Å². The van der Waals surface area contributed by atoms with Gasteiger partial charge >= 0.3 is 0 Å². The number of aliphatic hydroxyl groups is 1. The highest BCUT2D eigenvalue weighted by Crippen LogP contribution is 2.20. The lowest BCUT2D eigenvalue weighted by molar-refractivity contribution is 0.118. The Morgan fingerprint density at radius 2 is 1.75 bits per heavy atom. The van der Waals surface area contributed by atoms with E-state index in [-0.39, 0.29) is 11.5 Å². The summed E-state index contributed by atoms with van der Waals surface area (Å²) in [6, 6.07) is 0. The molecule has 0 aliphatic heterocycles. The van der Waals surface area contributed by atoms with Gasteiger partial charge in [0.2, 0.25) is 0 Å². The normalized spacial score (nSPS) is 16.5. The number of hydrogen-bond donors (Lipinski definition) is 3. The molecule has 0 aromatic rings. The maximum absolute atomic E-state index is 9.82. The van der Waals surface area contributed by atoms with E-state index in [0.29, 0.717) is 24.9 Å². The first-order chi connectivity index (χ1) is 7.26. The summed E-state index contributed by atoms with van der Waals surface area (Å²) < 4.78 is 0. The minimum absolute atomic E-state index is 0.187. The molecule has 16 heavy (non-hydrogen) atoms. The number of nitrogens with one attached hydrogen (secondary N) is 1. The van der Waals surface area contributed by atoms with E-state index in [1.165, 1.54) is 0 Å². The summed E-state index contributed by atoms with van der Waals surface area (Å²) in [5.74, 6) is 1.10. The Labute approximate surface area is 101 Å². The molecule has 0 fully saturated rings. The van der Waals surface area contributed by atoms with Gasteiger partial charge in [0, 0.05) is 6.54 Å². The van der Waals surface area contributed by atoms with Crippen LogP contribution in [0.1, 0.15) is 41.0 Å². The highest BCUT2D eigenvalue weighted by atomic mass is 16.3. The number of hydrogen-bond acceptors (Lipinski definition) is 3. The Kier molecular flexibility index (Phi) is 7.20. The molecule has 0 bridgehead atoms. The molecule has 98 valence electrons. The fraction of sp³-hybridized carbons (Fsp3) is 1.00. The van der Waals surface area contributed by atoms with Gasteiger partial charge < -0.3 is 16.2 Å². The van der Waals surface area contributed by atoms with Crippen molar-refractivity contribution in [2.24, 2.45) is 23.0 Å². The molecule has 0 aromatic carbocycles. The van der Waals surface area contributed by atoms with E-state index in [9.17, 15) is 5.11 Å². The Hall–Kier alpha value is -0.120. The Bertz CT molecular complexity index is 175. The SMILES string of the molecule is CC(C)C(CN)CNCC(O)CC(C)(C)C. The van der Waals surface area contributed by atoms with Crippen molar-refractivity contribution in [3.63, 3.8) is 0 Å². The van der Waals surface area contributed by atoms with Crippen molar-refractivity contribution in [3.05, 3.63) is 0 Å². The third-order valence-corrected chi connectivity index (χ3v) is 2.88. The van der Waals surface area contributed by atoms with Gasteiger partial charge in [-0.05, 0) is 36.8 Å². The highest BCUT2D eigenvalue weighted by molar-refractivity contribution is 4.72. The van der Waals surface area contributed by atoms with Crippen LogP contribution in [0.15, 0.2) is 0 Å². The minimum Gasteiger partial charge on any atom is -0.392 e. The topological polar surface area (TPSA) is 58.3 Å². The molecule has 0 spiro atoms. The van der Waals surface area contributed by atoms with Gasteiger partial charge in [-0.1, -0.05) is 34.6 Å². The Balaban J connectivity index is 3.72. The third kappa shape index (κ3) is 8.08. The maximum Gasteiger partial charge on any atom is 0.0669 e. The second-order valence-electron chi connectivity index (χ2n) is 6.32. The van der Waals surface area contributed by atoms with Crippen LogP contribution in [0.2, 0.25) is 0 Å². The van der Waals surface area contributed by atoms with Crippen LogP contribution in [0.3, 0.4) is 0 Å². The van der Waals surface area contributed by atoms with Crippen LogP contribution in [0.25, 0.3) is 0 Å². The van der Waals surface area contributed by atoms with Crippen molar-refractivity contribution in [2.75, 3.05) is 19.6 Å². The van der Waals surface area contributed by atoms with Gasteiger partial charge in [0.15, 0.2) is 0 Å². The number of rotatable bonds is 7. The average Bonchev–Trinajstić information content (AvgIpc) is 2.08. The number of aliphatic hydroxyl groups excluding tert-OH is 1. The molecule has 0 radical (unpaired) electrons. The third-order valence-electron chi connectivity index (χ3n) is 2.88. The zero-order valence-corrected chi connectivity index (χ0v) is 11.6. The van der Waals surface area contributed by atoms with E-state index < -0.39 is 0 Å². The molecule has 0 amide bonds. The first-order valence-electron chi connectivity index (χ1n) is 6.35. The highest BCUT2D eigenvalue weighted by Gasteiger charge is 2.17. The van der Waals surface area contributed by atoms with Gasteiger partial charge in [0.05, 0.1) is 6.10 Å². The van der Waals surface area contributed by atoms with E-state index in [1.807, 2.05) is 0 Å².